The average molecular weight is 305 g/mol. The van der Waals surface area contributed by atoms with Crippen LogP contribution in [0.1, 0.15) is 30.5 Å². The maximum atomic E-state index is 12.3. The van der Waals surface area contributed by atoms with Gasteiger partial charge in [-0.05, 0) is 18.6 Å². The number of hydrogen-bond acceptors (Lipinski definition) is 4. The lowest BCUT2D eigenvalue weighted by atomic mass is 10.00. The van der Waals surface area contributed by atoms with Gasteiger partial charge in [0.2, 0.25) is 10.0 Å². The standard InChI is InChI=1S/C12H17ClN2O3S/c1-3-15-19(16,17)12-7(2)9(13)6-8-10(14)4-5-18-11(8)12/h6,10,15H,3-5,14H2,1-2H3. The minimum Gasteiger partial charge on any atom is -0.492 e. The van der Waals surface area contributed by atoms with E-state index in [4.69, 9.17) is 22.1 Å². The topological polar surface area (TPSA) is 81.4 Å². The lowest BCUT2D eigenvalue weighted by molar-refractivity contribution is 0.261. The molecule has 5 nitrogen and oxygen atoms in total. The van der Waals surface area contributed by atoms with Gasteiger partial charge in [-0.3, -0.25) is 0 Å². The molecule has 7 heteroatoms. The molecule has 1 aliphatic rings. The molecule has 0 saturated heterocycles. The lowest BCUT2D eigenvalue weighted by Gasteiger charge is -2.26. The zero-order valence-corrected chi connectivity index (χ0v) is 12.4. The van der Waals surface area contributed by atoms with E-state index in [-0.39, 0.29) is 10.9 Å². The first-order valence-electron chi connectivity index (χ1n) is 6.09. The summed E-state index contributed by atoms with van der Waals surface area (Å²) in [4.78, 5) is 0.104. The summed E-state index contributed by atoms with van der Waals surface area (Å²) < 4.78 is 32.6. The highest BCUT2D eigenvalue weighted by atomic mass is 35.5. The Morgan fingerprint density at radius 1 is 1.58 bits per heavy atom. The van der Waals surface area contributed by atoms with Crippen molar-refractivity contribution in [2.45, 2.75) is 31.2 Å². The smallest absolute Gasteiger partial charge is 0.244 e. The summed E-state index contributed by atoms with van der Waals surface area (Å²) >= 11 is 6.12. The summed E-state index contributed by atoms with van der Waals surface area (Å²) in [5.74, 6) is 0.335. The molecule has 0 bridgehead atoms. The van der Waals surface area contributed by atoms with Crippen molar-refractivity contribution in [1.29, 1.82) is 0 Å². The Morgan fingerprint density at radius 3 is 2.89 bits per heavy atom. The van der Waals surface area contributed by atoms with E-state index < -0.39 is 10.0 Å². The van der Waals surface area contributed by atoms with Gasteiger partial charge in [0.15, 0.2) is 0 Å². The van der Waals surface area contributed by atoms with Crippen LogP contribution in [0.15, 0.2) is 11.0 Å². The van der Waals surface area contributed by atoms with Crippen LogP contribution in [-0.4, -0.2) is 21.6 Å². The lowest BCUT2D eigenvalue weighted by Crippen LogP contribution is -2.28. The number of rotatable bonds is 3. The summed E-state index contributed by atoms with van der Waals surface area (Å²) in [6.07, 6.45) is 0.646. The first-order chi connectivity index (χ1) is 8.88. The second-order valence-corrected chi connectivity index (χ2v) is 6.59. The predicted molar refractivity (Wildman–Crippen MR) is 74.1 cm³/mol. The summed E-state index contributed by atoms with van der Waals surface area (Å²) in [5.41, 5.74) is 7.13. The highest BCUT2D eigenvalue weighted by molar-refractivity contribution is 7.89. The van der Waals surface area contributed by atoms with Crippen LogP contribution in [0.5, 0.6) is 5.75 Å². The quantitative estimate of drug-likeness (QED) is 0.891. The summed E-state index contributed by atoms with van der Waals surface area (Å²) in [6, 6.07) is 1.44. The van der Waals surface area contributed by atoms with E-state index in [1.165, 1.54) is 0 Å². The highest BCUT2D eigenvalue weighted by Gasteiger charge is 2.30. The molecule has 1 aliphatic heterocycles. The SMILES string of the molecule is CCNS(=O)(=O)c1c(C)c(Cl)cc2c1OCCC2N. The molecule has 0 spiro atoms. The number of fused-ring (bicyclic) bond motifs is 1. The minimum absolute atomic E-state index is 0.104. The van der Waals surface area contributed by atoms with Crippen LogP contribution in [-0.2, 0) is 10.0 Å². The van der Waals surface area contributed by atoms with E-state index in [1.54, 1.807) is 19.9 Å². The Hall–Kier alpha value is -0.820. The van der Waals surface area contributed by atoms with Crippen molar-refractivity contribution in [2.24, 2.45) is 5.73 Å². The molecule has 19 heavy (non-hydrogen) atoms. The van der Waals surface area contributed by atoms with Crippen molar-refractivity contribution < 1.29 is 13.2 Å². The van der Waals surface area contributed by atoms with Gasteiger partial charge in [-0.1, -0.05) is 18.5 Å². The van der Waals surface area contributed by atoms with E-state index in [2.05, 4.69) is 4.72 Å². The van der Waals surface area contributed by atoms with E-state index in [9.17, 15) is 8.42 Å². The van der Waals surface area contributed by atoms with Gasteiger partial charge in [0.25, 0.3) is 0 Å². The third kappa shape index (κ3) is 2.58. The molecule has 0 radical (unpaired) electrons. The van der Waals surface area contributed by atoms with Crippen molar-refractivity contribution in [3.8, 4) is 5.75 Å². The Labute approximate surface area is 118 Å². The van der Waals surface area contributed by atoms with Crippen molar-refractivity contribution in [2.75, 3.05) is 13.2 Å². The summed E-state index contributed by atoms with van der Waals surface area (Å²) in [7, 11) is -3.64. The maximum absolute atomic E-state index is 12.3. The number of ether oxygens (including phenoxy) is 1. The fourth-order valence-electron chi connectivity index (χ4n) is 2.17. The first-order valence-corrected chi connectivity index (χ1v) is 7.95. The second kappa shape index (κ2) is 5.28. The maximum Gasteiger partial charge on any atom is 0.244 e. The van der Waals surface area contributed by atoms with Gasteiger partial charge in [-0.2, -0.15) is 0 Å². The van der Waals surface area contributed by atoms with Crippen LogP contribution >= 0.6 is 11.6 Å². The van der Waals surface area contributed by atoms with Gasteiger partial charge in [0.05, 0.1) is 6.61 Å². The number of benzene rings is 1. The molecule has 0 saturated carbocycles. The molecule has 1 atom stereocenters. The Bertz CT molecular complexity index is 601. The fourth-order valence-corrected chi connectivity index (χ4v) is 3.90. The van der Waals surface area contributed by atoms with Crippen molar-refractivity contribution >= 4 is 21.6 Å². The molecule has 3 N–H and O–H groups in total. The van der Waals surface area contributed by atoms with E-state index in [1.807, 2.05) is 0 Å². The van der Waals surface area contributed by atoms with Gasteiger partial charge < -0.3 is 10.5 Å². The second-order valence-electron chi connectivity index (χ2n) is 4.48. The van der Waals surface area contributed by atoms with E-state index >= 15 is 0 Å². The minimum atomic E-state index is -3.64. The molecule has 0 aliphatic carbocycles. The van der Waals surface area contributed by atoms with Gasteiger partial charge >= 0.3 is 0 Å². The number of nitrogens with two attached hydrogens (primary N) is 1. The molecule has 1 unspecified atom stereocenters. The predicted octanol–water partition coefficient (Wildman–Crippen LogP) is 1.73. The highest BCUT2D eigenvalue weighted by Crippen LogP contribution is 2.41. The van der Waals surface area contributed by atoms with Crippen molar-refractivity contribution in [1.82, 2.24) is 4.72 Å². The Kier molecular flexibility index (Phi) is 4.06. The number of nitrogens with one attached hydrogen (secondary N) is 1. The average Bonchev–Trinajstić information content (AvgIpc) is 2.31. The molecular formula is C12H17ClN2O3S. The Morgan fingerprint density at radius 2 is 2.26 bits per heavy atom. The third-order valence-corrected chi connectivity index (χ3v) is 5.22. The van der Waals surface area contributed by atoms with Crippen molar-refractivity contribution in [3.05, 3.63) is 22.2 Å². The molecule has 1 heterocycles. The molecule has 0 fully saturated rings. The molecular weight excluding hydrogens is 288 g/mol. The van der Waals surface area contributed by atoms with Gasteiger partial charge in [-0.25, -0.2) is 13.1 Å². The normalized spacial score (nSPS) is 18.8. The molecule has 1 aromatic rings. The van der Waals surface area contributed by atoms with Crippen LogP contribution in [0, 0.1) is 6.92 Å². The Balaban J connectivity index is 2.72. The van der Waals surface area contributed by atoms with Gasteiger partial charge in [-0.15, -0.1) is 0 Å². The van der Waals surface area contributed by atoms with Crippen LogP contribution in [0.2, 0.25) is 5.02 Å². The van der Waals surface area contributed by atoms with Crippen molar-refractivity contribution in [3.63, 3.8) is 0 Å². The summed E-state index contributed by atoms with van der Waals surface area (Å²) in [5, 5.41) is 0.385. The first kappa shape index (κ1) is 14.6. The van der Waals surface area contributed by atoms with E-state index in [0.29, 0.717) is 41.5 Å². The van der Waals surface area contributed by atoms with Gasteiger partial charge in [0.1, 0.15) is 10.6 Å². The largest absolute Gasteiger partial charge is 0.492 e. The number of hydrogen-bond donors (Lipinski definition) is 2. The third-order valence-electron chi connectivity index (χ3n) is 3.13. The van der Waals surface area contributed by atoms with E-state index in [0.717, 1.165) is 0 Å². The molecule has 2 rings (SSSR count). The monoisotopic (exact) mass is 304 g/mol. The van der Waals surface area contributed by atoms with Crippen LogP contribution in [0.25, 0.3) is 0 Å². The fraction of sp³-hybridized carbons (Fsp3) is 0.500. The molecule has 1 aromatic carbocycles. The number of sulfonamides is 1. The van der Waals surface area contributed by atoms with Crippen LogP contribution in [0.3, 0.4) is 0 Å². The molecule has 106 valence electrons. The molecule has 0 aromatic heterocycles. The summed E-state index contributed by atoms with van der Waals surface area (Å²) in [6.45, 7) is 4.09. The van der Waals surface area contributed by atoms with Gasteiger partial charge in [0, 0.05) is 29.6 Å². The molecule has 0 amide bonds. The van der Waals surface area contributed by atoms with Crippen LogP contribution in [0.4, 0.5) is 0 Å². The zero-order chi connectivity index (χ0) is 14.2. The zero-order valence-electron chi connectivity index (χ0n) is 10.9. The van der Waals surface area contributed by atoms with Crippen LogP contribution < -0.4 is 15.2 Å². The number of halogens is 1.